The first-order chi connectivity index (χ1) is 12.1. The monoisotopic (exact) mass is 371 g/mol. The number of fused-ring (bicyclic) bond motifs is 1. The Morgan fingerprint density at radius 2 is 2.04 bits per heavy atom. The number of carboxylic acids is 1. The van der Waals surface area contributed by atoms with E-state index in [0.29, 0.717) is 5.39 Å². The molecule has 26 heavy (non-hydrogen) atoms. The zero-order chi connectivity index (χ0) is 19.3. The summed E-state index contributed by atoms with van der Waals surface area (Å²) in [4.78, 5) is 37.4. The van der Waals surface area contributed by atoms with Crippen LogP contribution in [0.5, 0.6) is 0 Å². The van der Waals surface area contributed by atoms with Gasteiger partial charge in [0.15, 0.2) is 5.41 Å². The van der Waals surface area contributed by atoms with Crippen LogP contribution >= 0.6 is 0 Å². The van der Waals surface area contributed by atoms with E-state index in [-0.39, 0.29) is 23.4 Å². The van der Waals surface area contributed by atoms with E-state index in [9.17, 15) is 32.9 Å². The molecule has 0 aliphatic carbocycles. The highest BCUT2D eigenvalue weighted by atomic mass is 19.4. The maximum atomic E-state index is 13.2. The van der Waals surface area contributed by atoms with Gasteiger partial charge in [-0.05, 0) is 12.5 Å². The van der Waals surface area contributed by atoms with E-state index in [4.69, 9.17) is 5.11 Å². The zero-order valence-corrected chi connectivity index (χ0v) is 13.0. The van der Waals surface area contributed by atoms with Gasteiger partial charge in [0.1, 0.15) is 11.2 Å². The Morgan fingerprint density at radius 3 is 2.58 bits per heavy atom. The lowest BCUT2D eigenvalue weighted by atomic mass is 9.86. The van der Waals surface area contributed by atoms with Crippen LogP contribution in [0.25, 0.3) is 10.9 Å². The van der Waals surface area contributed by atoms with Crippen molar-refractivity contribution in [2.75, 3.05) is 13.1 Å². The predicted octanol–water partition coefficient (Wildman–Crippen LogP) is 2.56. The van der Waals surface area contributed by atoms with Gasteiger partial charge in [-0.2, -0.15) is 13.2 Å². The van der Waals surface area contributed by atoms with Crippen molar-refractivity contribution < 1.29 is 32.8 Å². The lowest BCUT2D eigenvalue weighted by Crippen LogP contribution is -2.47. The summed E-state index contributed by atoms with van der Waals surface area (Å²) in [5.74, 6) is -2.88. The number of halogens is 3. The minimum Gasteiger partial charge on any atom is -0.481 e. The van der Waals surface area contributed by atoms with Gasteiger partial charge in [-0.15, -0.1) is 0 Å². The molecule has 0 saturated carbocycles. The van der Waals surface area contributed by atoms with Crippen molar-refractivity contribution in [3.05, 3.63) is 40.1 Å². The number of amides is 1. The Hall–Kier alpha value is -3.11. The number of likely N-dealkylation sites (tertiary alicyclic amines) is 1. The molecule has 11 heteroatoms. The van der Waals surface area contributed by atoms with Gasteiger partial charge in [0.05, 0.1) is 4.92 Å². The summed E-state index contributed by atoms with van der Waals surface area (Å²) in [5.41, 5.74) is -3.36. The average molecular weight is 371 g/mol. The molecule has 1 saturated heterocycles. The fourth-order valence-electron chi connectivity index (χ4n) is 3.09. The number of benzene rings is 1. The number of rotatable bonds is 3. The number of hydrogen-bond acceptors (Lipinski definition) is 4. The number of carboxylic acid groups (broad SMARTS) is 1. The molecule has 1 amide bonds. The second kappa shape index (κ2) is 5.71. The van der Waals surface area contributed by atoms with Crippen LogP contribution in [0.2, 0.25) is 0 Å². The minimum atomic E-state index is -5.01. The van der Waals surface area contributed by atoms with Crippen LogP contribution in [0.3, 0.4) is 0 Å². The van der Waals surface area contributed by atoms with Gasteiger partial charge in [0.2, 0.25) is 0 Å². The third-order valence-electron chi connectivity index (χ3n) is 4.57. The summed E-state index contributed by atoms with van der Waals surface area (Å²) in [6.07, 6.45) is -5.76. The number of nitro groups is 1. The number of carbonyl (C=O) groups is 2. The van der Waals surface area contributed by atoms with E-state index >= 15 is 0 Å². The molecule has 1 unspecified atom stereocenters. The van der Waals surface area contributed by atoms with E-state index in [0.717, 1.165) is 4.90 Å². The molecule has 0 spiro atoms. The van der Waals surface area contributed by atoms with Crippen molar-refractivity contribution >= 4 is 28.5 Å². The molecule has 1 aliphatic rings. The van der Waals surface area contributed by atoms with Gasteiger partial charge in [-0.1, -0.05) is 12.1 Å². The number of hydrogen-bond donors (Lipinski definition) is 2. The number of aliphatic carboxylic acids is 1. The Kier molecular flexibility index (Phi) is 3.89. The summed E-state index contributed by atoms with van der Waals surface area (Å²) in [5, 5.41) is 20.4. The Morgan fingerprint density at radius 1 is 1.35 bits per heavy atom. The summed E-state index contributed by atoms with van der Waals surface area (Å²) < 4.78 is 39.6. The van der Waals surface area contributed by atoms with Crippen LogP contribution in [0.15, 0.2) is 24.3 Å². The number of aromatic amines is 1. The maximum absolute atomic E-state index is 13.2. The zero-order valence-electron chi connectivity index (χ0n) is 13.0. The van der Waals surface area contributed by atoms with Crippen molar-refractivity contribution in [1.29, 1.82) is 0 Å². The van der Waals surface area contributed by atoms with Crippen molar-refractivity contribution in [3.8, 4) is 0 Å². The highest BCUT2D eigenvalue weighted by Crippen LogP contribution is 2.46. The van der Waals surface area contributed by atoms with Crippen molar-refractivity contribution in [2.45, 2.75) is 12.6 Å². The third kappa shape index (κ3) is 2.55. The molecule has 1 aliphatic heterocycles. The summed E-state index contributed by atoms with van der Waals surface area (Å²) in [6.45, 7) is -1.40. The first-order valence-electron chi connectivity index (χ1n) is 7.42. The molecule has 1 atom stereocenters. The quantitative estimate of drug-likeness (QED) is 0.635. The molecular weight excluding hydrogens is 359 g/mol. The van der Waals surface area contributed by atoms with Crippen LogP contribution in [0.1, 0.15) is 16.9 Å². The van der Waals surface area contributed by atoms with Gasteiger partial charge < -0.3 is 15.0 Å². The molecule has 1 aromatic carbocycles. The third-order valence-corrected chi connectivity index (χ3v) is 4.57. The van der Waals surface area contributed by atoms with Gasteiger partial charge in [-0.25, -0.2) is 0 Å². The highest BCUT2D eigenvalue weighted by Gasteiger charge is 2.64. The number of carbonyl (C=O) groups excluding carboxylic acids is 1. The molecule has 1 fully saturated rings. The van der Waals surface area contributed by atoms with E-state index in [1.54, 1.807) is 0 Å². The Balaban J connectivity index is 1.94. The van der Waals surface area contributed by atoms with Gasteiger partial charge in [-0.3, -0.25) is 19.7 Å². The molecule has 138 valence electrons. The van der Waals surface area contributed by atoms with Crippen LogP contribution < -0.4 is 0 Å². The molecular formula is C15H12F3N3O5. The minimum absolute atomic E-state index is 0.0698. The molecule has 0 radical (unpaired) electrons. The fraction of sp³-hybridized carbons (Fsp3) is 0.333. The normalized spacial score (nSPS) is 20.5. The average Bonchev–Trinajstić information content (AvgIpc) is 3.18. The first kappa shape index (κ1) is 17.7. The number of alkyl halides is 3. The van der Waals surface area contributed by atoms with E-state index < -0.39 is 41.4 Å². The first-order valence-corrected chi connectivity index (χ1v) is 7.42. The van der Waals surface area contributed by atoms with Crippen LogP contribution in [-0.4, -0.2) is 51.1 Å². The van der Waals surface area contributed by atoms with E-state index in [2.05, 4.69) is 4.98 Å². The van der Waals surface area contributed by atoms with Crippen LogP contribution in [0.4, 0.5) is 18.9 Å². The van der Waals surface area contributed by atoms with E-state index in [1.807, 2.05) is 0 Å². The van der Waals surface area contributed by atoms with Crippen LogP contribution in [-0.2, 0) is 4.79 Å². The number of nitrogens with zero attached hydrogens (tertiary/aromatic N) is 2. The van der Waals surface area contributed by atoms with Gasteiger partial charge >= 0.3 is 12.1 Å². The smallest absolute Gasteiger partial charge is 0.406 e. The molecule has 2 aromatic rings. The number of nitrogens with one attached hydrogen (secondary N) is 1. The fourth-order valence-corrected chi connectivity index (χ4v) is 3.09. The largest absolute Gasteiger partial charge is 0.481 e. The molecule has 2 N–H and O–H groups in total. The number of H-pyrrole nitrogens is 1. The highest BCUT2D eigenvalue weighted by molar-refractivity contribution is 6.00. The van der Waals surface area contributed by atoms with Crippen LogP contribution in [0, 0.1) is 15.5 Å². The molecule has 1 aromatic heterocycles. The van der Waals surface area contributed by atoms with E-state index in [1.165, 1.54) is 24.3 Å². The molecule has 8 nitrogen and oxygen atoms in total. The molecule has 2 heterocycles. The van der Waals surface area contributed by atoms with Crippen molar-refractivity contribution in [1.82, 2.24) is 9.88 Å². The maximum Gasteiger partial charge on any atom is 0.406 e. The van der Waals surface area contributed by atoms with Crippen molar-refractivity contribution in [2.24, 2.45) is 5.41 Å². The SMILES string of the molecule is O=C(c1cc2cccc([N+](=O)[O-])c2[nH]1)N1CCC(C(=O)O)(C(F)(F)F)C1. The topological polar surface area (TPSA) is 117 Å². The Bertz CT molecular complexity index is 923. The Labute approximate surface area is 143 Å². The summed E-state index contributed by atoms with van der Waals surface area (Å²) >= 11 is 0. The van der Waals surface area contributed by atoms with Gasteiger partial charge in [0.25, 0.3) is 11.6 Å². The number of para-hydroxylation sites is 1. The molecule has 0 bridgehead atoms. The number of aromatic nitrogens is 1. The van der Waals surface area contributed by atoms with Gasteiger partial charge in [0, 0.05) is 24.5 Å². The lowest BCUT2D eigenvalue weighted by molar-refractivity contribution is -0.383. The lowest BCUT2D eigenvalue weighted by Gasteiger charge is -2.27. The second-order valence-electron chi connectivity index (χ2n) is 6.04. The predicted molar refractivity (Wildman–Crippen MR) is 81.6 cm³/mol. The summed E-state index contributed by atoms with van der Waals surface area (Å²) in [7, 11) is 0. The van der Waals surface area contributed by atoms with Crippen molar-refractivity contribution in [3.63, 3.8) is 0 Å². The standard InChI is InChI=1S/C15H12F3N3O5/c16-15(17,18)14(13(23)24)4-5-20(7-14)12(22)9-6-8-2-1-3-10(21(25)26)11(8)19-9/h1-3,6,19H,4-5,7H2,(H,23,24). The number of nitro benzene ring substituents is 1. The molecule has 3 rings (SSSR count). The summed E-state index contributed by atoms with van der Waals surface area (Å²) in [6, 6.07) is 5.44. The number of non-ortho nitro benzene ring substituents is 1. The second-order valence-corrected chi connectivity index (χ2v) is 6.04.